The largest absolute Gasteiger partial charge is 0.352 e. The van der Waals surface area contributed by atoms with Crippen molar-refractivity contribution in [2.75, 3.05) is 6.54 Å². The first-order valence-electron chi connectivity index (χ1n) is 6.65. The Balaban J connectivity index is 2.68. The molecular formula is C16H25NO. The summed E-state index contributed by atoms with van der Waals surface area (Å²) in [6.07, 6.45) is 1.01. The Hall–Kier alpha value is -1.31. The third kappa shape index (κ3) is 5.35. The number of benzene rings is 1. The second-order valence-corrected chi connectivity index (χ2v) is 6.54. The molecule has 100 valence electrons. The van der Waals surface area contributed by atoms with Crippen molar-refractivity contribution in [1.29, 1.82) is 0 Å². The number of carbonyl (C=O) groups is 1. The van der Waals surface area contributed by atoms with Crippen molar-refractivity contribution in [3.63, 3.8) is 0 Å². The molecule has 0 aliphatic rings. The number of nitrogens with one attached hydrogen (secondary N) is 1. The zero-order valence-corrected chi connectivity index (χ0v) is 12.2. The lowest BCUT2D eigenvalue weighted by Gasteiger charge is -2.18. The zero-order chi connectivity index (χ0) is 13.8. The van der Waals surface area contributed by atoms with E-state index in [1.54, 1.807) is 0 Å². The van der Waals surface area contributed by atoms with Crippen molar-refractivity contribution in [3.05, 3.63) is 35.4 Å². The number of hydrogen-bond acceptors (Lipinski definition) is 1. The molecule has 1 N–H and O–H groups in total. The van der Waals surface area contributed by atoms with E-state index in [0.717, 1.165) is 12.0 Å². The van der Waals surface area contributed by atoms with E-state index in [-0.39, 0.29) is 11.3 Å². The van der Waals surface area contributed by atoms with Gasteiger partial charge in [0.15, 0.2) is 0 Å². The van der Waals surface area contributed by atoms with Crippen molar-refractivity contribution >= 4 is 5.91 Å². The molecule has 0 aliphatic heterocycles. The van der Waals surface area contributed by atoms with Gasteiger partial charge in [-0.3, -0.25) is 4.79 Å². The van der Waals surface area contributed by atoms with Gasteiger partial charge in [-0.15, -0.1) is 0 Å². The van der Waals surface area contributed by atoms with Gasteiger partial charge >= 0.3 is 0 Å². The van der Waals surface area contributed by atoms with E-state index in [4.69, 9.17) is 0 Å². The van der Waals surface area contributed by atoms with Gasteiger partial charge in [0.25, 0.3) is 5.91 Å². The van der Waals surface area contributed by atoms with Gasteiger partial charge in [-0.2, -0.15) is 0 Å². The van der Waals surface area contributed by atoms with Crippen LogP contribution in [0.4, 0.5) is 0 Å². The van der Waals surface area contributed by atoms with Crippen LogP contribution in [0.5, 0.6) is 0 Å². The van der Waals surface area contributed by atoms with Gasteiger partial charge in [-0.25, -0.2) is 0 Å². The van der Waals surface area contributed by atoms with E-state index in [1.165, 1.54) is 5.56 Å². The van der Waals surface area contributed by atoms with Crippen LogP contribution in [0.15, 0.2) is 24.3 Å². The van der Waals surface area contributed by atoms with Crippen LogP contribution < -0.4 is 5.32 Å². The highest BCUT2D eigenvalue weighted by Crippen LogP contribution is 2.13. The predicted octanol–water partition coefficient (Wildman–Crippen LogP) is 3.66. The van der Waals surface area contributed by atoms with Crippen molar-refractivity contribution in [2.45, 2.75) is 41.0 Å². The highest BCUT2D eigenvalue weighted by Gasteiger charge is 2.13. The lowest BCUT2D eigenvalue weighted by Crippen LogP contribution is -2.32. The number of amides is 1. The first kappa shape index (κ1) is 14.7. The molecule has 2 nitrogen and oxygen atoms in total. The highest BCUT2D eigenvalue weighted by atomic mass is 16.1. The van der Waals surface area contributed by atoms with E-state index in [2.05, 4.69) is 46.0 Å². The van der Waals surface area contributed by atoms with Crippen LogP contribution in [0.25, 0.3) is 0 Å². The van der Waals surface area contributed by atoms with E-state index < -0.39 is 0 Å². The van der Waals surface area contributed by atoms with E-state index in [0.29, 0.717) is 12.5 Å². The molecule has 0 aromatic heterocycles. The summed E-state index contributed by atoms with van der Waals surface area (Å²) in [5.74, 6) is 0.633. The Kier molecular flexibility index (Phi) is 4.94. The predicted molar refractivity (Wildman–Crippen MR) is 76.8 cm³/mol. The van der Waals surface area contributed by atoms with Crippen molar-refractivity contribution in [3.8, 4) is 0 Å². The Bertz CT molecular complexity index is 402. The maximum absolute atomic E-state index is 12.0. The summed E-state index contributed by atoms with van der Waals surface area (Å²) in [5, 5.41) is 2.98. The smallest absolute Gasteiger partial charge is 0.251 e. The van der Waals surface area contributed by atoms with Gasteiger partial charge in [-0.1, -0.05) is 46.8 Å². The quantitative estimate of drug-likeness (QED) is 0.864. The number of hydrogen-bond donors (Lipinski definition) is 1. The normalized spacial score (nSPS) is 11.7. The van der Waals surface area contributed by atoms with Gasteiger partial charge in [-0.05, 0) is 35.4 Å². The highest BCUT2D eigenvalue weighted by molar-refractivity contribution is 5.94. The van der Waals surface area contributed by atoms with Crippen LogP contribution in [0.3, 0.4) is 0 Å². The molecule has 1 aromatic rings. The van der Waals surface area contributed by atoms with Crippen LogP contribution in [0, 0.1) is 11.3 Å². The van der Waals surface area contributed by atoms with Crippen molar-refractivity contribution in [2.24, 2.45) is 11.3 Å². The monoisotopic (exact) mass is 247 g/mol. The fourth-order valence-corrected chi connectivity index (χ4v) is 1.76. The minimum atomic E-state index is 0.0236. The Morgan fingerprint density at radius 1 is 1.28 bits per heavy atom. The Morgan fingerprint density at radius 2 is 1.94 bits per heavy atom. The third-order valence-electron chi connectivity index (χ3n) is 2.61. The minimum Gasteiger partial charge on any atom is -0.352 e. The third-order valence-corrected chi connectivity index (χ3v) is 2.61. The first-order valence-corrected chi connectivity index (χ1v) is 6.65. The van der Waals surface area contributed by atoms with E-state index >= 15 is 0 Å². The fraction of sp³-hybridized carbons (Fsp3) is 0.562. The van der Waals surface area contributed by atoms with Gasteiger partial charge in [0.05, 0.1) is 0 Å². The second kappa shape index (κ2) is 6.03. The maximum atomic E-state index is 12.0. The lowest BCUT2D eigenvalue weighted by molar-refractivity contribution is 0.0939. The van der Waals surface area contributed by atoms with Gasteiger partial charge in [0, 0.05) is 12.1 Å². The number of carbonyl (C=O) groups excluding carboxylic acids is 1. The molecule has 0 saturated carbocycles. The van der Waals surface area contributed by atoms with Gasteiger partial charge < -0.3 is 5.32 Å². The fourth-order valence-electron chi connectivity index (χ4n) is 1.76. The average molecular weight is 247 g/mol. The average Bonchev–Trinajstić information content (AvgIpc) is 2.24. The summed E-state index contributed by atoms with van der Waals surface area (Å²) in [5.41, 5.74) is 2.11. The first-order chi connectivity index (χ1) is 8.28. The maximum Gasteiger partial charge on any atom is 0.251 e. The number of rotatable bonds is 4. The molecule has 0 bridgehead atoms. The molecule has 0 aliphatic carbocycles. The van der Waals surface area contributed by atoms with Crippen LogP contribution in [-0.2, 0) is 6.42 Å². The van der Waals surface area contributed by atoms with Crippen LogP contribution in [0.1, 0.15) is 50.5 Å². The van der Waals surface area contributed by atoms with Gasteiger partial charge in [0.1, 0.15) is 0 Å². The molecule has 0 spiro atoms. The molecule has 1 amide bonds. The van der Waals surface area contributed by atoms with Crippen LogP contribution >= 0.6 is 0 Å². The molecule has 2 heteroatoms. The molecular weight excluding hydrogens is 222 g/mol. The Labute approximate surface area is 111 Å². The van der Waals surface area contributed by atoms with Crippen LogP contribution in [0.2, 0.25) is 0 Å². The second-order valence-electron chi connectivity index (χ2n) is 6.54. The molecule has 18 heavy (non-hydrogen) atoms. The molecule has 0 fully saturated rings. The summed E-state index contributed by atoms with van der Waals surface area (Å²) >= 11 is 0. The molecule has 0 atom stereocenters. The molecule has 0 unspecified atom stereocenters. The molecule has 0 heterocycles. The van der Waals surface area contributed by atoms with Crippen molar-refractivity contribution < 1.29 is 4.79 Å². The topological polar surface area (TPSA) is 29.1 Å². The molecule has 1 rings (SSSR count). The summed E-state index contributed by atoms with van der Waals surface area (Å²) in [6.45, 7) is 11.4. The summed E-state index contributed by atoms with van der Waals surface area (Å²) in [6, 6.07) is 7.92. The zero-order valence-electron chi connectivity index (χ0n) is 12.2. The molecule has 1 aromatic carbocycles. The minimum absolute atomic E-state index is 0.0236. The Morgan fingerprint density at radius 3 is 2.50 bits per heavy atom. The SMILES string of the molecule is CC(C)Cc1cccc(C(=O)NCC(C)(C)C)c1. The standard InChI is InChI=1S/C16H25NO/c1-12(2)9-13-7-6-8-14(10-13)15(18)17-11-16(3,4)5/h6-8,10,12H,9,11H2,1-5H3,(H,17,18). The lowest BCUT2D eigenvalue weighted by atomic mass is 9.96. The summed E-state index contributed by atoms with van der Waals surface area (Å²) in [7, 11) is 0. The van der Waals surface area contributed by atoms with Crippen LogP contribution in [-0.4, -0.2) is 12.5 Å². The van der Waals surface area contributed by atoms with Gasteiger partial charge in [0.2, 0.25) is 0 Å². The van der Waals surface area contributed by atoms with Crippen molar-refractivity contribution in [1.82, 2.24) is 5.32 Å². The van der Waals surface area contributed by atoms with E-state index in [1.807, 2.05) is 18.2 Å². The molecule has 0 saturated heterocycles. The summed E-state index contributed by atoms with van der Waals surface area (Å²) in [4.78, 5) is 12.0. The summed E-state index contributed by atoms with van der Waals surface area (Å²) < 4.78 is 0. The molecule has 0 radical (unpaired) electrons. The van der Waals surface area contributed by atoms with E-state index in [9.17, 15) is 4.79 Å².